The summed E-state index contributed by atoms with van der Waals surface area (Å²) >= 11 is 15.4. The van der Waals surface area contributed by atoms with Crippen LogP contribution in [-0.4, -0.2) is 7.98 Å². The average Bonchev–Trinajstić information content (AvgIpc) is 2.23. The van der Waals surface area contributed by atoms with Gasteiger partial charge in [0.05, 0.1) is 25.1 Å². The molecule has 1 rings (SSSR count). The quantitative estimate of drug-likeness (QED) is 0.602. The monoisotopic (exact) mass is 326 g/mol. The van der Waals surface area contributed by atoms with Crippen molar-refractivity contribution >= 4 is 54.2 Å². The molecular weight excluding hydrogens is 319 g/mol. The summed E-state index contributed by atoms with van der Waals surface area (Å²) in [6.45, 7) is 0. The van der Waals surface area contributed by atoms with E-state index < -0.39 is 0 Å². The summed E-state index contributed by atoms with van der Waals surface area (Å²) in [4.78, 5) is 0. The number of aryl methyl sites for hydroxylation is 1. The van der Waals surface area contributed by atoms with E-state index in [1.807, 2.05) is 12.1 Å². The van der Waals surface area contributed by atoms with Crippen LogP contribution in [0.5, 0.6) is 0 Å². The first-order chi connectivity index (χ1) is 7.13. The van der Waals surface area contributed by atoms with Crippen LogP contribution in [0, 0.1) is 0 Å². The Labute approximate surface area is 111 Å². The smallest absolute Gasteiger partial charge is 0.0996 e. The summed E-state index contributed by atoms with van der Waals surface area (Å²) < 4.78 is 11.1. The molecule has 1 nitrogen and oxygen atoms in total. The van der Waals surface area contributed by atoms with Gasteiger partial charge < -0.3 is 0 Å². The van der Waals surface area contributed by atoms with Crippen LogP contribution in [0.1, 0.15) is 18.4 Å². The van der Waals surface area contributed by atoms with E-state index >= 15 is 0 Å². The lowest BCUT2D eigenvalue weighted by Crippen LogP contribution is -1.90. The second-order valence-corrected chi connectivity index (χ2v) is 6.00. The largest absolute Gasteiger partial charge is 0.212 e. The van der Waals surface area contributed by atoms with Crippen molar-refractivity contribution in [2.75, 3.05) is 0 Å². The normalized spacial score (nSPS) is 10.1. The molecule has 0 heterocycles. The molecule has 1 aromatic carbocycles. The fourth-order valence-electron chi connectivity index (χ4n) is 1.17. The topological polar surface area (TPSA) is 17.1 Å². The fourth-order valence-corrected chi connectivity index (χ4v) is 2.00. The summed E-state index contributed by atoms with van der Waals surface area (Å²) in [6, 6.07) is 5.61. The highest BCUT2D eigenvalue weighted by Gasteiger charge is 2.00. The van der Waals surface area contributed by atoms with Crippen LogP contribution in [0.4, 0.5) is 0 Å². The summed E-state index contributed by atoms with van der Waals surface area (Å²) in [5.41, 5.74) is 1.14. The van der Waals surface area contributed by atoms with Gasteiger partial charge in [-0.1, -0.05) is 29.3 Å². The van der Waals surface area contributed by atoms with E-state index in [4.69, 9.17) is 23.2 Å². The first-order valence-corrected chi connectivity index (χ1v) is 6.67. The molecule has 0 saturated heterocycles. The van der Waals surface area contributed by atoms with Crippen molar-refractivity contribution in [2.24, 2.45) is 0 Å². The van der Waals surface area contributed by atoms with Crippen LogP contribution in [-0.2, 0) is 17.7 Å². The first-order valence-electron chi connectivity index (χ1n) is 4.38. The molecule has 0 fully saturated rings. The van der Waals surface area contributed by atoms with Crippen molar-refractivity contribution in [3.63, 3.8) is 0 Å². The molecule has 0 aliphatic rings. The highest BCUT2D eigenvalue weighted by molar-refractivity contribution is 9.19. The third kappa shape index (κ3) is 4.68. The van der Waals surface area contributed by atoms with Crippen molar-refractivity contribution in [1.82, 2.24) is 0 Å². The molecule has 0 unspecified atom stereocenters. The molecule has 0 aliphatic heterocycles. The molecule has 0 amide bonds. The lowest BCUT2D eigenvalue weighted by Gasteiger charge is -2.02. The lowest BCUT2D eigenvalue weighted by molar-refractivity contribution is 0.700. The molecule has 0 saturated carbocycles. The average molecular weight is 328 g/mol. The standard InChI is InChI=1S/C10H9BrCl2OS/c11-10(15-14)3-1-2-7-4-5-8(12)9(13)6-7/h4-6H,1-3H2. The maximum Gasteiger partial charge on any atom is 0.0996 e. The number of hydrogen-bond acceptors (Lipinski definition) is 1. The molecule has 0 atom stereocenters. The zero-order valence-corrected chi connectivity index (χ0v) is 11.7. The highest BCUT2D eigenvalue weighted by Crippen LogP contribution is 2.23. The summed E-state index contributed by atoms with van der Waals surface area (Å²) in [5, 5.41) is 1.15. The molecule has 0 bridgehead atoms. The van der Waals surface area contributed by atoms with Crippen LogP contribution in [0.15, 0.2) is 18.2 Å². The molecule has 82 valence electrons. The predicted octanol–water partition coefficient (Wildman–Crippen LogP) is 4.05. The SMILES string of the molecule is O=S=C(Br)CCCc1ccc(Cl)c(Cl)c1. The van der Waals surface area contributed by atoms with Crippen LogP contribution in [0.3, 0.4) is 0 Å². The molecule has 0 radical (unpaired) electrons. The van der Waals surface area contributed by atoms with Crippen molar-refractivity contribution in [3.8, 4) is 0 Å². The van der Waals surface area contributed by atoms with Crippen molar-refractivity contribution in [2.45, 2.75) is 19.3 Å². The van der Waals surface area contributed by atoms with Gasteiger partial charge in [0, 0.05) is 0 Å². The van der Waals surface area contributed by atoms with Crippen LogP contribution >= 0.6 is 39.1 Å². The van der Waals surface area contributed by atoms with Crippen LogP contribution in [0.2, 0.25) is 10.0 Å². The second-order valence-electron chi connectivity index (χ2n) is 3.04. The van der Waals surface area contributed by atoms with Crippen LogP contribution < -0.4 is 0 Å². The Bertz CT molecular complexity index is 402. The van der Waals surface area contributed by atoms with Crippen molar-refractivity contribution in [3.05, 3.63) is 33.8 Å². The van der Waals surface area contributed by atoms with Gasteiger partial charge in [-0.25, -0.2) is 4.21 Å². The minimum Gasteiger partial charge on any atom is -0.212 e. The summed E-state index contributed by atoms with van der Waals surface area (Å²) in [5.74, 6) is 0. The van der Waals surface area contributed by atoms with Crippen molar-refractivity contribution < 1.29 is 4.21 Å². The van der Waals surface area contributed by atoms with Gasteiger partial charge in [0.15, 0.2) is 0 Å². The van der Waals surface area contributed by atoms with Gasteiger partial charge in [0.25, 0.3) is 0 Å². The molecule has 5 heteroatoms. The van der Waals surface area contributed by atoms with E-state index in [1.54, 1.807) is 6.07 Å². The fraction of sp³-hybridized carbons (Fsp3) is 0.300. The van der Waals surface area contributed by atoms with Gasteiger partial charge in [-0.15, -0.1) is 0 Å². The molecule has 0 N–H and O–H groups in total. The van der Waals surface area contributed by atoms with E-state index in [1.165, 1.54) is 0 Å². The first kappa shape index (κ1) is 13.2. The Hall–Kier alpha value is 0.170. The molecule has 0 aromatic heterocycles. The number of hydrogen-bond donors (Lipinski definition) is 0. The maximum atomic E-state index is 10.4. The molecule has 0 aliphatic carbocycles. The zero-order valence-electron chi connectivity index (χ0n) is 7.80. The number of rotatable bonds is 4. The maximum absolute atomic E-state index is 10.4. The molecule has 1 aromatic rings. The Morgan fingerprint density at radius 1 is 1.33 bits per heavy atom. The van der Waals surface area contributed by atoms with Crippen molar-refractivity contribution in [1.29, 1.82) is 0 Å². The van der Waals surface area contributed by atoms with Gasteiger partial charge in [0.1, 0.15) is 0 Å². The summed E-state index contributed by atoms with van der Waals surface area (Å²) in [7, 11) is 0. The number of benzene rings is 1. The minimum atomic E-state index is 0.502. The Kier molecular flexibility index (Phi) is 5.90. The van der Waals surface area contributed by atoms with Crippen LogP contribution in [0.25, 0.3) is 0 Å². The predicted molar refractivity (Wildman–Crippen MR) is 71.5 cm³/mol. The third-order valence-corrected chi connectivity index (χ3v) is 3.83. The van der Waals surface area contributed by atoms with E-state index in [0.29, 0.717) is 21.3 Å². The van der Waals surface area contributed by atoms with E-state index in [9.17, 15) is 4.21 Å². The third-order valence-electron chi connectivity index (χ3n) is 1.91. The number of halogens is 3. The molecular formula is C10H9BrCl2OS. The van der Waals surface area contributed by atoms with Gasteiger partial charge in [0.2, 0.25) is 0 Å². The minimum absolute atomic E-state index is 0.502. The molecule has 15 heavy (non-hydrogen) atoms. The van der Waals surface area contributed by atoms with E-state index in [-0.39, 0.29) is 0 Å². The second kappa shape index (κ2) is 6.69. The Morgan fingerprint density at radius 2 is 2.07 bits per heavy atom. The van der Waals surface area contributed by atoms with Gasteiger partial charge in [-0.05, 0) is 52.9 Å². The van der Waals surface area contributed by atoms with E-state index in [2.05, 4.69) is 15.9 Å². The highest BCUT2D eigenvalue weighted by atomic mass is 79.9. The van der Waals surface area contributed by atoms with Gasteiger partial charge in [-0.3, -0.25) is 0 Å². The summed E-state index contributed by atoms with van der Waals surface area (Å²) in [6.07, 6.45) is 2.59. The Morgan fingerprint density at radius 3 is 2.67 bits per heavy atom. The van der Waals surface area contributed by atoms with E-state index in [0.717, 1.165) is 28.6 Å². The zero-order chi connectivity index (χ0) is 11.3. The molecule has 0 spiro atoms. The lowest BCUT2D eigenvalue weighted by atomic mass is 10.1. The Balaban J connectivity index is 2.51. The van der Waals surface area contributed by atoms with Gasteiger partial charge >= 0.3 is 0 Å². The van der Waals surface area contributed by atoms with Gasteiger partial charge in [-0.2, -0.15) is 0 Å².